The number of rotatable bonds is 5. The largest absolute Gasteiger partial charge is 0.494 e. The summed E-state index contributed by atoms with van der Waals surface area (Å²) in [5, 5.41) is 15.2. The van der Waals surface area contributed by atoms with E-state index in [2.05, 4.69) is 20.5 Å². The molecule has 0 radical (unpaired) electrons. The Bertz CT molecular complexity index is 1730. The molecular formula is C27H22N4O3. The minimum Gasteiger partial charge on any atom is -0.494 e. The van der Waals surface area contributed by atoms with Gasteiger partial charge in [0.25, 0.3) is 11.8 Å². The molecule has 0 aliphatic carbocycles. The number of amides is 2. The first kappa shape index (κ1) is 20.3. The number of fused-ring (bicyclic) bond motifs is 10. The van der Waals surface area contributed by atoms with E-state index >= 15 is 0 Å². The lowest BCUT2D eigenvalue weighted by Crippen LogP contribution is -2.20. The van der Waals surface area contributed by atoms with Gasteiger partial charge in [0.05, 0.1) is 41.3 Å². The fourth-order valence-electron chi connectivity index (χ4n) is 5.39. The molecule has 0 atom stereocenters. The molecule has 168 valence electrons. The Labute approximate surface area is 195 Å². The monoisotopic (exact) mass is 450 g/mol. The second-order valence-corrected chi connectivity index (χ2v) is 8.64. The maximum atomic E-state index is 13.2. The molecule has 0 fully saturated rings. The summed E-state index contributed by atoms with van der Waals surface area (Å²) < 4.78 is 10.1. The Morgan fingerprint density at radius 2 is 1.71 bits per heavy atom. The number of nitrogens with one attached hydrogen (secondary N) is 1. The van der Waals surface area contributed by atoms with E-state index in [1.165, 1.54) is 0 Å². The van der Waals surface area contributed by atoms with Crippen LogP contribution in [0.2, 0.25) is 0 Å². The van der Waals surface area contributed by atoms with Gasteiger partial charge in [0.1, 0.15) is 5.75 Å². The average Bonchev–Trinajstić information content (AvgIpc) is 3.43. The molecule has 2 amide bonds. The Kier molecular flexibility index (Phi) is 4.39. The highest BCUT2D eigenvalue weighted by Crippen LogP contribution is 2.45. The molecule has 7 heteroatoms. The number of aromatic nitrogens is 2. The van der Waals surface area contributed by atoms with Gasteiger partial charge in [-0.25, -0.2) is 0 Å². The topological polar surface area (TPSA) is 89.0 Å². The lowest BCUT2D eigenvalue weighted by molar-refractivity contribution is 0.0880. The fraction of sp³-hybridized carbons (Fsp3) is 0.222. The van der Waals surface area contributed by atoms with Crippen LogP contribution in [-0.2, 0) is 13.6 Å². The number of ether oxygens (including phenoxy) is 1. The first-order valence-corrected chi connectivity index (χ1v) is 11.4. The molecule has 0 spiro atoms. The van der Waals surface area contributed by atoms with Crippen molar-refractivity contribution in [2.24, 2.45) is 7.05 Å². The standard InChI is InChI=1S/C27H22N4O3/c1-3-13-34-15-9-10-19-17(14-15)21-23-22(26(32)29-27(23)33)20-16-7-4-5-8-18(16)30(2)24(20)25(21)31(19)12-6-11-28/h4-5,7-10,14H,3,6,12-13H2,1-2H3,(H,29,32,33). The Morgan fingerprint density at radius 1 is 0.971 bits per heavy atom. The molecule has 6 rings (SSSR count). The van der Waals surface area contributed by atoms with Crippen LogP contribution in [0.3, 0.4) is 0 Å². The summed E-state index contributed by atoms with van der Waals surface area (Å²) in [6.45, 7) is 3.10. The molecule has 5 aromatic rings. The SMILES string of the molecule is CCCOc1ccc2c(c1)c1c3c(c4c5ccccc5n(C)c4c1n2CCC#N)C(=O)NC3=O. The number of nitrogens with zero attached hydrogens (tertiary/aromatic N) is 3. The molecule has 0 bridgehead atoms. The molecule has 0 saturated carbocycles. The number of carbonyl (C=O) groups excluding carboxylic acids is 2. The minimum atomic E-state index is -0.390. The lowest BCUT2D eigenvalue weighted by atomic mass is 9.96. The Balaban J connectivity index is 1.90. The predicted molar refractivity (Wildman–Crippen MR) is 131 cm³/mol. The Hall–Kier alpha value is -4.31. The van der Waals surface area contributed by atoms with Gasteiger partial charge in [-0.1, -0.05) is 25.1 Å². The van der Waals surface area contributed by atoms with E-state index in [0.29, 0.717) is 36.4 Å². The molecule has 0 unspecified atom stereocenters. The quantitative estimate of drug-likeness (QED) is 0.381. The van der Waals surface area contributed by atoms with E-state index in [-0.39, 0.29) is 11.8 Å². The van der Waals surface area contributed by atoms with E-state index in [0.717, 1.165) is 50.0 Å². The van der Waals surface area contributed by atoms with Crippen LogP contribution < -0.4 is 10.1 Å². The number of hydrogen-bond donors (Lipinski definition) is 1. The Morgan fingerprint density at radius 3 is 2.44 bits per heavy atom. The molecular weight excluding hydrogens is 428 g/mol. The third-order valence-corrected chi connectivity index (χ3v) is 6.72. The second-order valence-electron chi connectivity index (χ2n) is 8.64. The smallest absolute Gasteiger partial charge is 0.259 e. The van der Waals surface area contributed by atoms with Gasteiger partial charge in [-0.2, -0.15) is 5.26 Å². The van der Waals surface area contributed by atoms with Crippen molar-refractivity contribution < 1.29 is 14.3 Å². The zero-order valence-corrected chi connectivity index (χ0v) is 18.9. The molecule has 3 heterocycles. The van der Waals surface area contributed by atoms with Gasteiger partial charge in [0.2, 0.25) is 0 Å². The van der Waals surface area contributed by atoms with Crippen LogP contribution in [0.15, 0.2) is 42.5 Å². The van der Waals surface area contributed by atoms with Gasteiger partial charge in [-0.3, -0.25) is 14.9 Å². The molecule has 0 saturated heterocycles. The first-order chi connectivity index (χ1) is 16.6. The van der Waals surface area contributed by atoms with Crippen LogP contribution in [0, 0.1) is 11.3 Å². The highest BCUT2D eigenvalue weighted by molar-refractivity contribution is 6.39. The van der Waals surface area contributed by atoms with E-state index in [4.69, 9.17) is 4.74 Å². The maximum Gasteiger partial charge on any atom is 0.259 e. The summed E-state index contributed by atoms with van der Waals surface area (Å²) in [7, 11) is 1.98. The zero-order valence-electron chi connectivity index (χ0n) is 18.9. The number of hydrogen-bond acceptors (Lipinski definition) is 4. The van der Waals surface area contributed by atoms with Crippen LogP contribution in [0.4, 0.5) is 0 Å². The highest BCUT2D eigenvalue weighted by Gasteiger charge is 2.36. The van der Waals surface area contributed by atoms with Crippen LogP contribution in [0.25, 0.3) is 43.6 Å². The van der Waals surface area contributed by atoms with Crippen LogP contribution in [0.5, 0.6) is 5.75 Å². The number of carbonyl (C=O) groups is 2. The van der Waals surface area contributed by atoms with E-state index in [1.54, 1.807) is 0 Å². The summed E-state index contributed by atoms with van der Waals surface area (Å²) in [5.41, 5.74) is 4.44. The first-order valence-electron chi connectivity index (χ1n) is 11.4. The average molecular weight is 450 g/mol. The summed E-state index contributed by atoms with van der Waals surface area (Å²) in [6.07, 6.45) is 1.20. The van der Waals surface area contributed by atoms with E-state index in [1.807, 2.05) is 56.4 Å². The van der Waals surface area contributed by atoms with Crippen molar-refractivity contribution in [1.29, 1.82) is 5.26 Å². The summed E-state index contributed by atoms with van der Waals surface area (Å²) in [5.74, 6) is -0.0529. The lowest BCUT2D eigenvalue weighted by Gasteiger charge is -2.09. The van der Waals surface area contributed by atoms with Gasteiger partial charge < -0.3 is 13.9 Å². The normalized spacial score (nSPS) is 13.2. The third kappa shape index (κ3) is 2.57. The number of imide groups is 1. The minimum absolute atomic E-state index is 0.320. The van der Waals surface area contributed by atoms with Crippen LogP contribution >= 0.6 is 0 Å². The van der Waals surface area contributed by atoms with Crippen molar-refractivity contribution in [1.82, 2.24) is 14.5 Å². The number of nitriles is 1. The molecule has 1 aliphatic rings. The molecule has 7 nitrogen and oxygen atoms in total. The molecule has 34 heavy (non-hydrogen) atoms. The summed E-state index contributed by atoms with van der Waals surface area (Å²) in [4.78, 5) is 26.3. The van der Waals surface area contributed by atoms with Gasteiger partial charge in [-0.15, -0.1) is 0 Å². The van der Waals surface area contributed by atoms with Gasteiger partial charge in [0, 0.05) is 46.2 Å². The number of benzene rings is 3. The molecule has 2 aromatic heterocycles. The van der Waals surface area contributed by atoms with Gasteiger partial charge in [-0.05, 0) is 30.7 Å². The van der Waals surface area contributed by atoms with Crippen molar-refractivity contribution in [3.05, 3.63) is 53.6 Å². The predicted octanol–water partition coefficient (Wildman–Crippen LogP) is 5.03. The number of para-hydroxylation sites is 1. The van der Waals surface area contributed by atoms with Crippen LogP contribution in [0.1, 0.15) is 40.5 Å². The highest BCUT2D eigenvalue weighted by atomic mass is 16.5. The molecule has 3 aromatic carbocycles. The van der Waals surface area contributed by atoms with Crippen molar-refractivity contribution in [3.8, 4) is 11.8 Å². The number of aryl methyl sites for hydroxylation is 2. The maximum absolute atomic E-state index is 13.2. The molecule has 1 aliphatic heterocycles. The van der Waals surface area contributed by atoms with Crippen molar-refractivity contribution in [3.63, 3.8) is 0 Å². The summed E-state index contributed by atoms with van der Waals surface area (Å²) in [6, 6.07) is 16.0. The zero-order chi connectivity index (χ0) is 23.6. The fourth-order valence-corrected chi connectivity index (χ4v) is 5.39. The van der Waals surface area contributed by atoms with Crippen molar-refractivity contribution in [2.75, 3.05) is 6.61 Å². The van der Waals surface area contributed by atoms with Crippen LogP contribution in [-0.4, -0.2) is 27.6 Å². The molecule has 1 N–H and O–H groups in total. The van der Waals surface area contributed by atoms with Crippen molar-refractivity contribution in [2.45, 2.75) is 26.3 Å². The van der Waals surface area contributed by atoms with E-state index < -0.39 is 0 Å². The van der Waals surface area contributed by atoms with E-state index in [9.17, 15) is 14.9 Å². The van der Waals surface area contributed by atoms with Crippen molar-refractivity contribution >= 4 is 55.4 Å². The summed E-state index contributed by atoms with van der Waals surface area (Å²) >= 11 is 0. The third-order valence-electron chi connectivity index (χ3n) is 6.72. The van der Waals surface area contributed by atoms with Gasteiger partial charge >= 0.3 is 0 Å². The second kappa shape index (κ2) is 7.35. The van der Waals surface area contributed by atoms with Gasteiger partial charge in [0.15, 0.2) is 0 Å².